The fraction of sp³-hybridized carbons (Fsp3) is 0. The minimum absolute atomic E-state index is 0.436. The van der Waals surface area contributed by atoms with Crippen LogP contribution in [0.2, 0.25) is 10.0 Å². The lowest BCUT2D eigenvalue weighted by atomic mass is 9.79. The molecule has 0 saturated carbocycles. The largest absolute Gasteiger partial charge is 0.632 e. The van der Waals surface area contributed by atoms with E-state index in [2.05, 4.69) is 13.2 Å². The van der Waals surface area contributed by atoms with Gasteiger partial charge in [-0.15, -0.1) is 0 Å². The van der Waals surface area contributed by atoms with E-state index in [1.165, 1.54) is 0 Å². The molecule has 0 amide bonds. The number of rotatable bonds is 1. The number of halogens is 2. The molecule has 0 N–H and O–H groups in total. The van der Waals surface area contributed by atoms with Gasteiger partial charge in [-0.25, -0.2) is 0 Å². The van der Waals surface area contributed by atoms with Crippen LogP contribution < -0.4 is 5.46 Å². The molecule has 76 valence electrons. The van der Waals surface area contributed by atoms with Gasteiger partial charge in [-0.2, -0.15) is 0 Å². The zero-order valence-corrected chi connectivity index (χ0v) is 9.31. The highest BCUT2D eigenvalue weighted by molar-refractivity contribution is 6.63. The predicted octanol–water partition coefficient (Wildman–Crippen LogP) is 2.76. The molecule has 1 saturated heterocycles. The van der Waals surface area contributed by atoms with Crippen molar-refractivity contribution in [3.05, 3.63) is 52.9 Å². The van der Waals surface area contributed by atoms with E-state index in [1.54, 1.807) is 18.2 Å². The van der Waals surface area contributed by atoms with Crippen LogP contribution in [0.25, 0.3) is 0 Å². The highest BCUT2D eigenvalue weighted by atomic mass is 35.5. The van der Waals surface area contributed by atoms with E-state index in [9.17, 15) is 0 Å². The first kappa shape index (κ1) is 10.5. The summed E-state index contributed by atoms with van der Waals surface area (Å²) in [5, 5.41) is 0.959. The van der Waals surface area contributed by atoms with Crippen molar-refractivity contribution in [2.75, 3.05) is 0 Å². The van der Waals surface area contributed by atoms with Gasteiger partial charge in [0, 0.05) is 5.46 Å². The van der Waals surface area contributed by atoms with Gasteiger partial charge >= 0.3 is 7.12 Å². The summed E-state index contributed by atoms with van der Waals surface area (Å²) in [5.41, 5.74) is 0.782. The molecule has 5 heteroatoms. The maximum Gasteiger partial charge on any atom is 0.632 e. The SMILES string of the molecule is C=C1OB(c2ccc(Cl)c(Cl)c2)OC1=C. The molecular formula is C10H7BCl2O2. The van der Waals surface area contributed by atoms with Crippen molar-refractivity contribution < 1.29 is 9.31 Å². The summed E-state index contributed by atoms with van der Waals surface area (Å²) in [6.07, 6.45) is 0. The Labute approximate surface area is 98.2 Å². The van der Waals surface area contributed by atoms with Crippen LogP contribution in [-0.4, -0.2) is 7.12 Å². The lowest BCUT2D eigenvalue weighted by molar-refractivity contribution is 0.431. The number of hydrogen-bond donors (Lipinski definition) is 0. The Hall–Kier alpha value is -1.06. The topological polar surface area (TPSA) is 18.5 Å². The van der Waals surface area contributed by atoms with E-state index in [0.717, 1.165) is 5.46 Å². The molecular weight excluding hydrogens is 234 g/mol. The van der Waals surface area contributed by atoms with Gasteiger partial charge in [0.1, 0.15) is 11.5 Å². The van der Waals surface area contributed by atoms with Crippen LogP contribution in [0.5, 0.6) is 0 Å². The molecule has 1 aliphatic rings. The van der Waals surface area contributed by atoms with Gasteiger partial charge < -0.3 is 9.31 Å². The van der Waals surface area contributed by atoms with Crippen LogP contribution in [0.4, 0.5) is 0 Å². The van der Waals surface area contributed by atoms with Crippen LogP contribution in [0, 0.1) is 0 Å². The third-order valence-corrected chi connectivity index (χ3v) is 2.76. The normalized spacial score (nSPS) is 15.2. The molecule has 0 aromatic heterocycles. The second-order valence-electron chi connectivity index (χ2n) is 3.09. The second kappa shape index (κ2) is 3.84. The Balaban J connectivity index is 2.28. The molecule has 1 aromatic carbocycles. The van der Waals surface area contributed by atoms with Crippen LogP contribution in [-0.2, 0) is 9.31 Å². The first-order valence-electron chi connectivity index (χ1n) is 4.24. The second-order valence-corrected chi connectivity index (χ2v) is 3.90. The van der Waals surface area contributed by atoms with E-state index in [1.807, 2.05) is 0 Å². The Morgan fingerprint density at radius 3 is 2.13 bits per heavy atom. The van der Waals surface area contributed by atoms with Crippen molar-refractivity contribution in [1.82, 2.24) is 0 Å². The van der Waals surface area contributed by atoms with Crippen LogP contribution in [0.1, 0.15) is 0 Å². The van der Waals surface area contributed by atoms with Gasteiger partial charge in [-0.05, 0) is 12.1 Å². The molecule has 0 aliphatic carbocycles. The Morgan fingerprint density at radius 2 is 1.60 bits per heavy atom. The Morgan fingerprint density at radius 1 is 1.00 bits per heavy atom. The van der Waals surface area contributed by atoms with E-state index in [4.69, 9.17) is 32.5 Å². The lowest BCUT2D eigenvalue weighted by Gasteiger charge is -2.04. The Bertz CT molecular complexity index is 429. The smallest absolute Gasteiger partial charge is 0.520 e. The number of hydrogen-bond acceptors (Lipinski definition) is 2. The van der Waals surface area contributed by atoms with Gasteiger partial charge in [-0.3, -0.25) is 0 Å². The fourth-order valence-electron chi connectivity index (χ4n) is 1.21. The fourth-order valence-corrected chi connectivity index (χ4v) is 1.52. The van der Waals surface area contributed by atoms with E-state index >= 15 is 0 Å². The minimum Gasteiger partial charge on any atom is -0.520 e. The van der Waals surface area contributed by atoms with Crippen molar-refractivity contribution in [2.45, 2.75) is 0 Å². The predicted molar refractivity (Wildman–Crippen MR) is 62.3 cm³/mol. The van der Waals surface area contributed by atoms with Gasteiger partial charge in [-0.1, -0.05) is 42.4 Å². The molecule has 0 bridgehead atoms. The molecule has 1 heterocycles. The monoisotopic (exact) mass is 240 g/mol. The van der Waals surface area contributed by atoms with Crippen molar-refractivity contribution in [3.63, 3.8) is 0 Å². The summed E-state index contributed by atoms with van der Waals surface area (Å²) in [4.78, 5) is 0. The molecule has 0 spiro atoms. The summed E-state index contributed by atoms with van der Waals surface area (Å²) in [6, 6.07) is 5.17. The van der Waals surface area contributed by atoms with Crippen LogP contribution in [0.15, 0.2) is 42.9 Å². The average Bonchev–Trinajstić information content (AvgIpc) is 2.52. The molecule has 2 nitrogen and oxygen atoms in total. The standard InChI is InChI=1S/C10H7BCl2O2/c1-6-7(2)15-11(14-6)8-3-4-9(12)10(13)5-8/h3-5H,1-2H2. The average molecular weight is 241 g/mol. The maximum absolute atomic E-state index is 5.88. The zero-order chi connectivity index (χ0) is 11.0. The highest BCUT2D eigenvalue weighted by Crippen LogP contribution is 2.23. The van der Waals surface area contributed by atoms with Crippen LogP contribution in [0.3, 0.4) is 0 Å². The van der Waals surface area contributed by atoms with Gasteiger partial charge in [0.25, 0.3) is 0 Å². The van der Waals surface area contributed by atoms with E-state index < -0.39 is 7.12 Å². The van der Waals surface area contributed by atoms with Crippen LogP contribution >= 0.6 is 23.2 Å². The highest BCUT2D eigenvalue weighted by Gasteiger charge is 2.34. The zero-order valence-electron chi connectivity index (χ0n) is 7.80. The van der Waals surface area contributed by atoms with Crippen molar-refractivity contribution >= 4 is 35.8 Å². The summed E-state index contributed by atoms with van der Waals surface area (Å²) in [5.74, 6) is 0.872. The summed E-state index contributed by atoms with van der Waals surface area (Å²) in [7, 11) is -0.528. The lowest BCUT2D eigenvalue weighted by Crippen LogP contribution is -2.31. The minimum atomic E-state index is -0.528. The Kier molecular flexibility index (Phi) is 2.68. The van der Waals surface area contributed by atoms with Crippen molar-refractivity contribution in [1.29, 1.82) is 0 Å². The summed E-state index contributed by atoms with van der Waals surface area (Å²) >= 11 is 11.7. The molecule has 1 fully saturated rings. The third-order valence-electron chi connectivity index (χ3n) is 2.03. The molecule has 1 aromatic rings. The quantitative estimate of drug-likeness (QED) is 0.703. The van der Waals surface area contributed by atoms with Gasteiger partial charge in [0.15, 0.2) is 0 Å². The van der Waals surface area contributed by atoms with Gasteiger partial charge in [0.05, 0.1) is 10.0 Å². The summed E-state index contributed by atoms with van der Waals surface area (Å²) in [6.45, 7) is 7.29. The molecule has 1 aliphatic heterocycles. The first-order chi connectivity index (χ1) is 7.08. The molecule has 0 unspecified atom stereocenters. The maximum atomic E-state index is 5.88. The van der Waals surface area contributed by atoms with Crippen molar-refractivity contribution in [2.24, 2.45) is 0 Å². The molecule has 15 heavy (non-hydrogen) atoms. The first-order valence-corrected chi connectivity index (χ1v) is 5.00. The van der Waals surface area contributed by atoms with Crippen molar-refractivity contribution in [3.8, 4) is 0 Å². The van der Waals surface area contributed by atoms with Gasteiger partial charge in [0.2, 0.25) is 0 Å². The third kappa shape index (κ3) is 1.99. The molecule has 2 rings (SSSR count). The molecule has 0 atom stereocenters. The summed E-state index contributed by atoms with van der Waals surface area (Å²) < 4.78 is 10.7. The molecule has 0 radical (unpaired) electrons. The number of benzene rings is 1. The van der Waals surface area contributed by atoms with E-state index in [0.29, 0.717) is 21.6 Å². The van der Waals surface area contributed by atoms with E-state index in [-0.39, 0.29) is 0 Å².